The predicted molar refractivity (Wildman–Crippen MR) is 20.8 cm³/mol. The van der Waals surface area contributed by atoms with Gasteiger partial charge in [0.15, 0.2) is 0 Å². The summed E-state index contributed by atoms with van der Waals surface area (Å²) in [6.45, 7) is 0. The molecule has 0 bridgehead atoms. The Morgan fingerprint density at radius 2 is 1.71 bits per heavy atom. The van der Waals surface area contributed by atoms with E-state index in [-0.39, 0.29) is 0 Å². The summed E-state index contributed by atoms with van der Waals surface area (Å²) in [5.41, 5.74) is 0. The fourth-order valence-corrected chi connectivity index (χ4v) is 0.0224. The summed E-state index contributed by atoms with van der Waals surface area (Å²) >= 11 is 0. The van der Waals surface area contributed by atoms with E-state index in [4.69, 9.17) is 10.5 Å². The zero-order valence-corrected chi connectivity index (χ0v) is 3.75. The van der Waals surface area contributed by atoms with E-state index < -0.39 is 4.65 Å². The highest BCUT2D eigenvalue weighted by Gasteiger charge is 2.03. The van der Waals surface area contributed by atoms with E-state index in [1.54, 1.807) is 0 Å². The quantitative estimate of drug-likeness (QED) is 0.240. The van der Waals surface area contributed by atoms with Gasteiger partial charge in [0, 0.05) is 0 Å². The summed E-state index contributed by atoms with van der Waals surface area (Å²) in [5.74, 6) is 0. The summed E-state index contributed by atoms with van der Waals surface area (Å²) < 4.78 is -1.50. The maximum Gasteiger partial charge on any atom is 0.325 e. The van der Waals surface area contributed by atoms with Crippen molar-refractivity contribution in [3.63, 3.8) is 0 Å². The van der Waals surface area contributed by atoms with Crippen molar-refractivity contribution in [2.24, 2.45) is 0 Å². The maximum atomic E-state index is 10.1. The van der Waals surface area contributed by atoms with Crippen LogP contribution in [-0.4, -0.2) is 11.7 Å². The first kappa shape index (κ1) is 5.90. The Hall–Kier alpha value is -1.10. The Kier molecular flexibility index (Phi) is 1.32. The topological polar surface area (TPSA) is 70.6 Å². The smallest absolute Gasteiger partial charge is 0.325 e. The minimum absolute atomic E-state index is 0.958. The monoisotopic (exact) mass is 97.0 g/mol. The first-order chi connectivity index (χ1) is 3.12. The second kappa shape index (κ2) is 1.57. The third kappa shape index (κ3) is 1.72. The van der Waals surface area contributed by atoms with Gasteiger partial charge in [-0.15, -0.1) is 10.5 Å². The van der Waals surface area contributed by atoms with Crippen molar-refractivity contribution in [1.82, 2.24) is 0 Å². The maximum absolute atomic E-state index is 10.1. The minimum Gasteiger partial charge on any atom is -0.602 e. The van der Waals surface area contributed by atoms with E-state index in [2.05, 4.69) is 0 Å². The molecule has 0 aliphatic heterocycles. The van der Waals surface area contributed by atoms with E-state index >= 15 is 0 Å². The Morgan fingerprint density at radius 1 is 1.43 bits per heavy atom. The van der Waals surface area contributed by atoms with Gasteiger partial charge in [0.05, 0.1) is 7.05 Å². The van der Waals surface area contributed by atoms with Crippen molar-refractivity contribution in [3.8, 4) is 12.4 Å². The van der Waals surface area contributed by atoms with Crippen LogP contribution < -0.4 is 0 Å². The lowest BCUT2D eigenvalue weighted by molar-refractivity contribution is -0.719. The van der Waals surface area contributed by atoms with E-state index in [0.717, 1.165) is 7.05 Å². The van der Waals surface area contributed by atoms with Crippen LogP contribution in [0.5, 0.6) is 0 Å². The van der Waals surface area contributed by atoms with Gasteiger partial charge < -0.3 is 5.21 Å². The highest BCUT2D eigenvalue weighted by Crippen LogP contribution is 1.87. The van der Waals surface area contributed by atoms with E-state index in [1.807, 2.05) is 0 Å². The van der Waals surface area contributed by atoms with Gasteiger partial charge in [-0.05, 0) is 0 Å². The summed E-state index contributed by atoms with van der Waals surface area (Å²) in [6.07, 6.45) is 2.42. The zero-order chi connectivity index (χ0) is 5.91. The molecular formula is C3H3N3O. The molecule has 0 N–H and O–H groups in total. The molecule has 0 rings (SSSR count). The molecule has 0 aromatic heterocycles. The van der Waals surface area contributed by atoms with Crippen LogP contribution in [0.1, 0.15) is 0 Å². The summed E-state index contributed by atoms with van der Waals surface area (Å²) in [6, 6.07) is 0. The molecule has 0 heterocycles. The zero-order valence-electron chi connectivity index (χ0n) is 3.75. The molecule has 0 radical (unpaired) electrons. The van der Waals surface area contributed by atoms with Crippen molar-refractivity contribution in [3.05, 3.63) is 5.21 Å². The first-order valence-electron chi connectivity index (χ1n) is 1.52. The standard InChI is InChI=1S/C3H3N3O/c1-6(7,2-4)3-5/h1H3. The molecule has 0 saturated heterocycles. The van der Waals surface area contributed by atoms with Gasteiger partial charge in [0.25, 0.3) is 0 Å². The van der Waals surface area contributed by atoms with Crippen molar-refractivity contribution in [2.75, 3.05) is 7.05 Å². The van der Waals surface area contributed by atoms with Crippen LogP contribution in [0.3, 0.4) is 0 Å². The van der Waals surface area contributed by atoms with Crippen molar-refractivity contribution in [2.45, 2.75) is 0 Å². The third-order valence-electron chi connectivity index (χ3n) is 0.382. The Balaban J connectivity index is 4.00. The molecule has 0 amide bonds. The Morgan fingerprint density at radius 3 is 1.71 bits per heavy atom. The van der Waals surface area contributed by atoms with E-state index in [0.29, 0.717) is 0 Å². The van der Waals surface area contributed by atoms with Gasteiger partial charge in [-0.3, -0.25) is 0 Å². The van der Waals surface area contributed by atoms with Crippen LogP contribution >= 0.6 is 0 Å². The average molecular weight is 97.1 g/mol. The largest absolute Gasteiger partial charge is 0.602 e. The normalized spacial score (nSPS) is 9.14. The van der Waals surface area contributed by atoms with Crippen molar-refractivity contribution < 1.29 is 4.65 Å². The number of nitriles is 2. The van der Waals surface area contributed by atoms with Crippen molar-refractivity contribution >= 4 is 0 Å². The van der Waals surface area contributed by atoms with E-state index in [9.17, 15) is 5.21 Å². The lowest BCUT2D eigenvalue weighted by Gasteiger charge is -2.13. The molecule has 0 saturated carbocycles. The fraction of sp³-hybridized carbons (Fsp3) is 0.333. The predicted octanol–water partition coefficient (Wildman–Crippen LogP) is -0.107. The lowest BCUT2D eigenvalue weighted by Crippen LogP contribution is -2.23. The van der Waals surface area contributed by atoms with Crippen LogP contribution in [0.2, 0.25) is 0 Å². The van der Waals surface area contributed by atoms with Crippen LogP contribution in [-0.2, 0) is 0 Å². The second-order valence-corrected chi connectivity index (χ2v) is 1.12. The number of hydroxylamine groups is 3. The lowest BCUT2D eigenvalue weighted by atomic mass is 10.9. The molecule has 0 aliphatic rings. The molecule has 0 spiro atoms. The number of hydrogen-bond donors (Lipinski definition) is 0. The van der Waals surface area contributed by atoms with E-state index in [1.165, 1.54) is 12.4 Å². The highest BCUT2D eigenvalue weighted by molar-refractivity contribution is 4.65. The molecule has 7 heavy (non-hydrogen) atoms. The Bertz CT molecular complexity index is 121. The summed E-state index contributed by atoms with van der Waals surface area (Å²) in [5, 5.41) is 25.6. The number of rotatable bonds is 0. The molecule has 0 unspecified atom stereocenters. The molecule has 0 aliphatic carbocycles. The molecular weight excluding hydrogens is 94.1 g/mol. The number of quaternary nitrogens is 1. The third-order valence-corrected chi connectivity index (χ3v) is 0.382. The summed E-state index contributed by atoms with van der Waals surface area (Å²) in [7, 11) is 0.958. The van der Waals surface area contributed by atoms with Crippen LogP contribution in [0, 0.1) is 28.1 Å². The molecule has 4 heteroatoms. The molecule has 0 aromatic carbocycles. The second-order valence-electron chi connectivity index (χ2n) is 1.12. The first-order valence-corrected chi connectivity index (χ1v) is 1.52. The van der Waals surface area contributed by atoms with Crippen molar-refractivity contribution in [1.29, 1.82) is 10.5 Å². The van der Waals surface area contributed by atoms with Gasteiger partial charge in [0.2, 0.25) is 0 Å². The average Bonchev–Trinajstić information content (AvgIpc) is 1.68. The molecule has 36 valence electrons. The van der Waals surface area contributed by atoms with Gasteiger partial charge in [-0.1, -0.05) is 0 Å². The number of nitrogens with zero attached hydrogens (tertiary/aromatic N) is 3. The molecule has 4 nitrogen and oxygen atoms in total. The fourth-order valence-electron chi connectivity index (χ4n) is 0.0224. The minimum atomic E-state index is -1.50. The van der Waals surface area contributed by atoms with Gasteiger partial charge in [0.1, 0.15) is 0 Å². The molecule has 0 fully saturated rings. The SMILES string of the molecule is C[N+]([O-])(C#N)C#N. The highest BCUT2D eigenvalue weighted by atomic mass is 16.5. The van der Waals surface area contributed by atoms with Gasteiger partial charge >= 0.3 is 12.4 Å². The Labute approximate surface area is 41.0 Å². The molecule has 0 aromatic rings. The van der Waals surface area contributed by atoms with Gasteiger partial charge in [-0.2, -0.15) is 4.65 Å². The summed E-state index contributed by atoms with van der Waals surface area (Å²) in [4.78, 5) is 0. The van der Waals surface area contributed by atoms with Crippen LogP contribution in [0.15, 0.2) is 0 Å². The van der Waals surface area contributed by atoms with Crippen LogP contribution in [0.4, 0.5) is 0 Å². The molecule has 0 atom stereocenters. The van der Waals surface area contributed by atoms with Crippen LogP contribution in [0.25, 0.3) is 0 Å². The number of hydrogen-bond acceptors (Lipinski definition) is 3. The van der Waals surface area contributed by atoms with Gasteiger partial charge in [-0.25, -0.2) is 0 Å².